The fraction of sp³-hybridized carbons (Fsp3) is 0.632. The van der Waals surface area contributed by atoms with Crippen LogP contribution in [0, 0.1) is 17.7 Å². The van der Waals surface area contributed by atoms with Crippen LogP contribution in [-0.2, 0) is 14.8 Å². The Kier molecular flexibility index (Phi) is 5.22. The molecule has 1 saturated carbocycles. The molecule has 2 aliphatic heterocycles. The molecule has 2 heterocycles. The van der Waals surface area contributed by atoms with Gasteiger partial charge in [0.05, 0.1) is 10.9 Å². The normalized spacial score (nSPS) is 31.6. The predicted molar refractivity (Wildman–Crippen MR) is 98.9 cm³/mol. The quantitative estimate of drug-likeness (QED) is 0.810. The van der Waals surface area contributed by atoms with Crippen LogP contribution in [0.2, 0.25) is 0 Å². The highest BCUT2D eigenvalue weighted by Crippen LogP contribution is 2.40. The van der Waals surface area contributed by atoms with Crippen LogP contribution in [0.4, 0.5) is 4.39 Å². The Morgan fingerprint density at radius 2 is 1.89 bits per heavy atom. The first-order chi connectivity index (χ1) is 12.9. The zero-order valence-electron chi connectivity index (χ0n) is 15.2. The van der Waals surface area contributed by atoms with Gasteiger partial charge in [-0.05, 0) is 68.3 Å². The zero-order valence-corrected chi connectivity index (χ0v) is 16.1. The Morgan fingerprint density at radius 3 is 2.59 bits per heavy atom. The van der Waals surface area contributed by atoms with Crippen LogP contribution in [0.5, 0.6) is 0 Å². The summed E-state index contributed by atoms with van der Waals surface area (Å²) in [7, 11) is -3.63. The molecule has 8 heteroatoms. The molecular formula is C19H26FN3O3S. The number of piperidine rings is 1. The molecule has 2 saturated heterocycles. The molecule has 3 aliphatic rings. The molecule has 27 heavy (non-hydrogen) atoms. The first-order valence-corrected chi connectivity index (χ1v) is 11.2. The van der Waals surface area contributed by atoms with E-state index in [-0.39, 0.29) is 34.7 Å². The van der Waals surface area contributed by atoms with Gasteiger partial charge in [0.15, 0.2) is 0 Å². The summed E-state index contributed by atoms with van der Waals surface area (Å²) < 4.78 is 40.3. The minimum Gasteiger partial charge on any atom is -0.352 e. The monoisotopic (exact) mass is 395 g/mol. The second-order valence-corrected chi connectivity index (χ2v) is 9.83. The average Bonchev–Trinajstić information content (AvgIpc) is 3.25. The topological polar surface area (TPSA) is 78.5 Å². The van der Waals surface area contributed by atoms with Crippen molar-refractivity contribution in [2.75, 3.05) is 19.6 Å². The molecule has 0 unspecified atom stereocenters. The maximum Gasteiger partial charge on any atom is 0.243 e. The summed E-state index contributed by atoms with van der Waals surface area (Å²) in [5, 5.41) is 6.43. The van der Waals surface area contributed by atoms with Crippen molar-refractivity contribution in [1.82, 2.24) is 14.9 Å². The molecule has 1 amide bonds. The van der Waals surface area contributed by atoms with Gasteiger partial charge in [0.25, 0.3) is 0 Å². The molecule has 148 valence electrons. The smallest absolute Gasteiger partial charge is 0.243 e. The van der Waals surface area contributed by atoms with Gasteiger partial charge >= 0.3 is 0 Å². The molecule has 1 aliphatic carbocycles. The van der Waals surface area contributed by atoms with Crippen molar-refractivity contribution in [2.24, 2.45) is 11.8 Å². The molecule has 4 rings (SSSR count). The van der Waals surface area contributed by atoms with Crippen molar-refractivity contribution in [3.63, 3.8) is 0 Å². The van der Waals surface area contributed by atoms with E-state index in [1.807, 2.05) is 0 Å². The molecule has 4 atom stereocenters. The van der Waals surface area contributed by atoms with Gasteiger partial charge in [-0.1, -0.05) is 6.42 Å². The van der Waals surface area contributed by atoms with Gasteiger partial charge in [0.2, 0.25) is 15.9 Å². The summed E-state index contributed by atoms with van der Waals surface area (Å²) in [6.45, 7) is 1.75. The summed E-state index contributed by atoms with van der Waals surface area (Å²) >= 11 is 0. The highest BCUT2D eigenvalue weighted by molar-refractivity contribution is 7.89. The third-order valence-electron chi connectivity index (χ3n) is 6.23. The van der Waals surface area contributed by atoms with E-state index in [0.717, 1.165) is 38.6 Å². The number of carbonyl (C=O) groups is 1. The van der Waals surface area contributed by atoms with E-state index in [1.54, 1.807) is 0 Å². The Balaban J connectivity index is 1.42. The van der Waals surface area contributed by atoms with Crippen molar-refractivity contribution >= 4 is 15.9 Å². The Hall–Kier alpha value is -1.51. The van der Waals surface area contributed by atoms with Crippen LogP contribution in [0.1, 0.15) is 32.1 Å². The van der Waals surface area contributed by atoms with Gasteiger partial charge in [-0.15, -0.1) is 0 Å². The summed E-state index contributed by atoms with van der Waals surface area (Å²) in [6, 6.07) is 4.87. The Morgan fingerprint density at radius 1 is 1.11 bits per heavy atom. The summed E-state index contributed by atoms with van der Waals surface area (Å²) in [5.41, 5.74) is 0. The lowest BCUT2D eigenvalue weighted by molar-refractivity contribution is -0.124. The number of sulfonamides is 1. The van der Waals surface area contributed by atoms with Crippen molar-refractivity contribution in [2.45, 2.75) is 49.1 Å². The summed E-state index contributed by atoms with van der Waals surface area (Å²) in [4.78, 5) is 12.7. The maximum absolute atomic E-state index is 13.1. The van der Waals surface area contributed by atoms with Crippen LogP contribution in [0.15, 0.2) is 29.2 Å². The molecule has 1 aromatic rings. The van der Waals surface area contributed by atoms with Gasteiger partial charge in [-0.2, -0.15) is 4.31 Å². The second-order valence-electron chi connectivity index (χ2n) is 7.89. The molecule has 6 nitrogen and oxygen atoms in total. The largest absolute Gasteiger partial charge is 0.352 e. The van der Waals surface area contributed by atoms with Crippen molar-refractivity contribution in [3.8, 4) is 0 Å². The number of amides is 1. The molecule has 0 bridgehead atoms. The molecule has 0 aromatic heterocycles. The van der Waals surface area contributed by atoms with E-state index in [9.17, 15) is 17.6 Å². The molecule has 0 spiro atoms. The van der Waals surface area contributed by atoms with Gasteiger partial charge in [-0.3, -0.25) is 4.79 Å². The van der Waals surface area contributed by atoms with E-state index < -0.39 is 15.8 Å². The number of nitrogens with one attached hydrogen (secondary N) is 2. The number of hydrogen-bond donors (Lipinski definition) is 2. The van der Waals surface area contributed by atoms with Gasteiger partial charge < -0.3 is 10.6 Å². The average molecular weight is 396 g/mol. The highest BCUT2D eigenvalue weighted by Gasteiger charge is 2.47. The molecular weight excluding hydrogens is 369 g/mol. The minimum absolute atomic E-state index is 0.0274. The third kappa shape index (κ3) is 3.75. The lowest BCUT2D eigenvalue weighted by Crippen LogP contribution is -2.51. The maximum atomic E-state index is 13.1. The molecule has 0 radical (unpaired) electrons. The Labute approximate surface area is 159 Å². The standard InChI is InChI=1S/C19H26FN3O3S/c20-14-5-7-15(8-6-14)27(25,26)23-11-13-4-9-17(16(13)12-23)22-19(24)18-3-1-2-10-21-18/h5-8,13,16-18,21H,1-4,9-12H2,(H,22,24)/t13-,16+,17+,18-/m0/s1. The number of benzene rings is 1. The number of carbonyl (C=O) groups excluding carboxylic acids is 1. The van der Waals surface area contributed by atoms with Crippen molar-refractivity contribution in [1.29, 1.82) is 0 Å². The molecule has 3 fully saturated rings. The van der Waals surface area contributed by atoms with Crippen molar-refractivity contribution in [3.05, 3.63) is 30.1 Å². The van der Waals surface area contributed by atoms with Crippen molar-refractivity contribution < 1.29 is 17.6 Å². The van der Waals surface area contributed by atoms with Gasteiger partial charge in [0.1, 0.15) is 5.82 Å². The predicted octanol–water partition coefficient (Wildman–Crippen LogP) is 1.48. The van der Waals surface area contributed by atoms with E-state index in [0.29, 0.717) is 13.1 Å². The second kappa shape index (κ2) is 7.48. The van der Waals surface area contributed by atoms with Gasteiger partial charge in [-0.25, -0.2) is 12.8 Å². The fourth-order valence-corrected chi connectivity index (χ4v) is 6.25. The van der Waals surface area contributed by atoms with Crippen LogP contribution in [-0.4, -0.2) is 50.3 Å². The zero-order chi connectivity index (χ0) is 19.0. The lowest BCUT2D eigenvalue weighted by Gasteiger charge is -2.27. The van der Waals surface area contributed by atoms with Crippen LogP contribution in [0.25, 0.3) is 0 Å². The summed E-state index contributed by atoms with van der Waals surface area (Å²) in [5.74, 6) is 0.00383. The van der Waals surface area contributed by atoms with E-state index in [1.165, 1.54) is 28.6 Å². The van der Waals surface area contributed by atoms with Crippen LogP contribution < -0.4 is 10.6 Å². The number of hydrogen-bond acceptors (Lipinski definition) is 4. The van der Waals surface area contributed by atoms with Gasteiger partial charge in [0, 0.05) is 19.1 Å². The first kappa shape index (κ1) is 18.8. The number of fused-ring (bicyclic) bond motifs is 1. The van der Waals surface area contributed by atoms with Crippen LogP contribution >= 0.6 is 0 Å². The number of halogens is 1. The van der Waals surface area contributed by atoms with Crippen LogP contribution in [0.3, 0.4) is 0 Å². The summed E-state index contributed by atoms with van der Waals surface area (Å²) in [6.07, 6.45) is 4.85. The first-order valence-electron chi connectivity index (χ1n) is 9.74. The van der Waals surface area contributed by atoms with E-state index in [2.05, 4.69) is 10.6 Å². The lowest BCUT2D eigenvalue weighted by atomic mass is 9.97. The molecule has 1 aromatic carbocycles. The Bertz CT molecular complexity index is 793. The number of rotatable bonds is 4. The SMILES string of the molecule is O=C(N[C@@H]1CC[C@H]2CN(S(=O)(=O)c3ccc(F)cc3)C[C@H]21)[C@@H]1CCCCN1. The highest BCUT2D eigenvalue weighted by atomic mass is 32.2. The molecule has 2 N–H and O–H groups in total. The fourth-order valence-electron chi connectivity index (χ4n) is 4.71. The minimum atomic E-state index is -3.63. The van der Waals surface area contributed by atoms with E-state index >= 15 is 0 Å². The third-order valence-corrected chi connectivity index (χ3v) is 8.08. The number of nitrogens with zero attached hydrogens (tertiary/aromatic N) is 1. The van der Waals surface area contributed by atoms with E-state index in [4.69, 9.17) is 0 Å².